The molecule has 2 aromatic rings. The lowest BCUT2D eigenvalue weighted by molar-refractivity contribution is -0.117. The Morgan fingerprint density at radius 1 is 1.04 bits per heavy atom. The largest absolute Gasteiger partial charge is 0.336 e. The Kier molecular flexibility index (Phi) is 6.48. The number of hydrogen-bond donors (Lipinski definition) is 1. The minimum atomic E-state index is -0.0335. The van der Waals surface area contributed by atoms with E-state index in [0.29, 0.717) is 43.3 Å². The number of piperazine rings is 1. The maximum absolute atomic E-state index is 12.5. The SMILES string of the molecule is CCc1ccc(NC(=O)CN2CCN(C(=O)c3cccc(Cl)c3)CC2)cc1. The molecule has 0 atom stereocenters. The Balaban J connectivity index is 1.47. The first-order chi connectivity index (χ1) is 13.0. The minimum Gasteiger partial charge on any atom is -0.336 e. The van der Waals surface area contributed by atoms with Crippen molar-refractivity contribution in [3.63, 3.8) is 0 Å². The van der Waals surface area contributed by atoms with Crippen LogP contribution in [0.15, 0.2) is 48.5 Å². The average molecular weight is 386 g/mol. The number of nitrogens with zero attached hydrogens (tertiary/aromatic N) is 2. The molecule has 0 radical (unpaired) electrons. The molecule has 0 unspecified atom stereocenters. The van der Waals surface area contributed by atoms with Gasteiger partial charge in [0.05, 0.1) is 6.54 Å². The molecule has 1 fully saturated rings. The van der Waals surface area contributed by atoms with Crippen molar-refractivity contribution < 1.29 is 9.59 Å². The predicted molar refractivity (Wildman–Crippen MR) is 108 cm³/mol. The molecule has 142 valence electrons. The van der Waals surface area contributed by atoms with E-state index in [4.69, 9.17) is 11.6 Å². The normalized spacial score (nSPS) is 14.8. The van der Waals surface area contributed by atoms with Gasteiger partial charge in [0.2, 0.25) is 5.91 Å². The van der Waals surface area contributed by atoms with Gasteiger partial charge < -0.3 is 10.2 Å². The molecule has 1 aliphatic rings. The zero-order valence-corrected chi connectivity index (χ0v) is 16.2. The van der Waals surface area contributed by atoms with E-state index in [1.165, 1.54) is 5.56 Å². The lowest BCUT2D eigenvalue weighted by Crippen LogP contribution is -2.50. The quantitative estimate of drug-likeness (QED) is 0.859. The standard InChI is InChI=1S/C21H24ClN3O2/c1-2-16-6-8-19(9-7-16)23-20(26)15-24-10-12-25(13-11-24)21(27)17-4-3-5-18(22)14-17/h3-9,14H,2,10-13,15H2,1H3,(H,23,26). The number of carbonyl (C=O) groups excluding carboxylic acids is 2. The highest BCUT2D eigenvalue weighted by molar-refractivity contribution is 6.30. The highest BCUT2D eigenvalue weighted by Gasteiger charge is 2.23. The first-order valence-corrected chi connectivity index (χ1v) is 9.59. The molecule has 0 saturated carbocycles. The second kappa shape index (κ2) is 9.02. The van der Waals surface area contributed by atoms with Gasteiger partial charge >= 0.3 is 0 Å². The molecule has 2 aromatic carbocycles. The third-order valence-electron chi connectivity index (χ3n) is 4.74. The van der Waals surface area contributed by atoms with Crippen LogP contribution in [0.4, 0.5) is 5.69 Å². The van der Waals surface area contributed by atoms with Gasteiger partial charge in [-0.3, -0.25) is 14.5 Å². The average Bonchev–Trinajstić information content (AvgIpc) is 2.68. The predicted octanol–water partition coefficient (Wildman–Crippen LogP) is 3.30. The summed E-state index contributed by atoms with van der Waals surface area (Å²) in [6.07, 6.45) is 0.979. The van der Waals surface area contributed by atoms with Crippen LogP contribution in [0.25, 0.3) is 0 Å². The number of halogens is 1. The van der Waals surface area contributed by atoms with E-state index >= 15 is 0 Å². The summed E-state index contributed by atoms with van der Waals surface area (Å²) in [6.45, 7) is 4.98. The summed E-state index contributed by atoms with van der Waals surface area (Å²) in [5.41, 5.74) is 2.66. The van der Waals surface area contributed by atoms with Crippen LogP contribution in [-0.4, -0.2) is 54.3 Å². The molecule has 1 N–H and O–H groups in total. The maximum atomic E-state index is 12.5. The molecule has 0 bridgehead atoms. The summed E-state index contributed by atoms with van der Waals surface area (Å²) < 4.78 is 0. The second-order valence-electron chi connectivity index (χ2n) is 6.68. The van der Waals surface area contributed by atoms with Crippen LogP contribution in [0.5, 0.6) is 0 Å². The fourth-order valence-electron chi connectivity index (χ4n) is 3.14. The minimum absolute atomic E-state index is 0.0161. The smallest absolute Gasteiger partial charge is 0.253 e. The van der Waals surface area contributed by atoms with E-state index in [-0.39, 0.29) is 11.8 Å². The van der Waals surface area contributed by atoms with Crippen molar-refractivity contribution >= 4 is 29.1 Å². The Bertz CT molecular complexity index is 799. The third kappa shape index (κ3) is 5.31. The fourth-order valence-corrected chi connectivity index (χ4v) is 3.33. The monoisotopic (exact) mass is 385 g/mol. The lowest BCUT2D eigenvalue weighted by Gasteiger charge is -2.34. The van der Waals surface area contributed by atoms with Gasteiger partial charge in [-0.15, -0.1) is 0 Å². The van der Waals surface area contributed by atoms with Crippen LogP contribution in [0.1, 0.15) is 22.8 Å². The van der Waals surface area contributed by atoms with Gasteiger partial charge in [-0.1, -0.05) is 36.7 Å². The fraction of sp³-hybridized carbons (Fsp3) is 0.333. The van der Waals surface area contributed by atoms with Gasteiger partial charge in [-0.25, -0.2) is 0 Å². The number of amides is 2. The van der Waals surface area contributed by atoms with Crippen molar-refractivity contribution in [3.8, 4) is 0 Å². The zero-order chi connectivity index (χ0) is 19.2. The van der Waals surface area contributed by atoms with Crippen molar-refractivity contribution in [2.24, 2.45) is 0 Å². The van der Waals surface area contributed by atoms with Crippen LogP contribution in [0.2, 0.25) is 5.02 Å². The molecule has 1 heterocycles. The Morgan fingerprint density at radius 2 is 1.74 bits per heavy atom. The van der Waals surface area contributed by atoms with E-state index in [9.17, 15) is 9.59 Å². The number of nitrogens with one attached hydrogen (secondary N) is 1. The number of rotatable bonds is 5. The molecule has 5 nitrogen and oxygen atoms in total. The molecular weight excluding hydrogens is 362 g/mol. The van der Waals surface area contributed by atoms with Gasteiger partial charge in [0, 0.05) is 42.5 Å². The highest BCUT2D eigenvalue weighted by atomic mass is 35.5. The maximum Gasteiger partial charge on any atom is 0.253 e. The first-order valence-electron chi connectivity index (χ1n) is 9.21. The number of hydrogen-bond acceptors (Lipinski definition) is 3. The number of benzene rings is 2. The third-order valence-corrected chi connectivity index (χ3v) is 4.98. The molecule has 1 saturated heterocycles. The van der Waals surface area contributed by atoms with Crippen LogP contribution in [-0.2, 0) is 11.2 Å². The van der Waals surface area contributed by atoms with Crippen LogP contribution < -0.4 is 5.32 Å². The molecule has 2 amide bonds. The molecule has 1 aliphatic heterocycles. The van der Waals surface area contributed by atoms with E-state index in [1.807, 2.05) is 29.2 Å². The number of aryl methyl sites for hydroxylation is 1. The van der Waals surface area contributed by atoms with Crippen molar-refractivity contribution in [2.75, 3.05) is 38.0 Å². The Morgan fingerprint density at radius 3 is 2.37 bits per heavy atom. The number of anilines is 1. The van der Waals surface area contributed by atoms with E-state index < -0.39 is 0 Å². The summed E-state index contributed by atoms with van der Waals surface area (Å²) in [7, 11) is 0. The van der Waals surface area contributed by atoms with Crippen LogP contribution in [0.3, 0.4) is 0 Å². The van der Waals surface area contributed by atoms with Gasteiger partial charge in [0.1, 0.15) is 0 Å². The lowest BCUT2D eigenvalue weighted by atomic mass is 10.1. The molecule has 0 aromatic heterocycles. The Hall–Kier alpha value is -2.37. The molecule has 27 heavy (non-hydrogen) atoms. The van der Waals surface area contributed by atoms with E-state index in [1.54, 1.807) is 24.3 Å². The van der Waals surface area contributed by atoms with Gasteiger partial charge in [-0.05, 0) is 42.3 Å². The van der Waals surface area contributed by atoms with Crippen molar-refractivity contribution in [1.82, 2.24) is 9.80 Å². The van der Waals surface area contributed by atoms with Gasteiger partial charge in [0.25, 0.3) is 5.91 Å². The molecule has 0 spiro atoms. The number of carbonyl (C=O) groups is 2. The zero-order valence-electron chi connectivity index (χ0n) is 15.5. The van der Waals surface area contributed by atoms with Crippen LogP contribution >= 0.6 is 11.6 Å². The first kappa shape index (κ1) is 19.4. The van der Waals surface area contributed by atoms with Gasteiger partial charge in [-0.2, -0.15) is 0 Å². The Labute approximate surface area is 164 Å². The molecular formula is C21H24ClN3O2. The molecule has 3 rings (SSSR count). The van der Waals surface area contributed by atoms with Gasteiger partial charge in [0.15, 0.2) is 0 Å². The van der Waals surface area contributed by atoms with Crippen LogP contribution in [0, 0.1) is 0 Å². The highest BCUT2D eigenvalue weighted by Crippen LogP contribution is 2.14. The topological polar surface area (TPSA) is 52.7 Å². The van der Waals surface area contributed by atoms with Crippen molar-refractivity contribution in [2.45, 2.75) is 13.3 Å². The summed E-state index contributed by atoms with van der Waals surface area (Å²) in [6, 6.07) is 14.9. The second-order valence-corrected chi connectivity index (χ2v) is 7.11. The summed E-state index contributed by atoms with van der Waals surface area (Å²) in [5.74, 6) is -0.0496. The van der Waals surface area contributed by atoms with E-state index in [2.05, 4.69) is 17.1 Å². The molecule has 0 aliphatic carbocycles. The molecule has 6 heteroatoms. The summed E-state index contributed by atoms with van der Waals surface area (Å²) in [4.78, 5) is 28.7. The summed E-state index contributed by atoms with van der Waals surface area (Å²) >= 11 is 5.97. The van der Waals surface area contributed by atoms with Crippen molar-refractivity contribution in [3.05, 3.63) is 64.7 Å². The van der Waals surface area contributed by atoms with E-state index in [0.717, 1.165) is 12.1 Å². The summed E-state index contributed by atoms with van der Waals surface area (Å²) in [5, 5.41) is 3.49. The van der Waals surface area contributed by atoms with Crippen molar-refractivity contribution in [1.29, 1.82) is 0 Å².